The molecule has 0 amide bonds. The molecule has 1 aliphatic rings. The fourth-order valence-corrected chi connectivity index (χ4v) is 2.44. The van der Waals surface area contributed by atoms with Crippen LogP contribution in [0.25, 0.3) is 0 Å². The van der Waals surface area contributed by atoms with Gasteiger partial charge in [-0.3, -0.25) is 0 Å². The van der Waals surface area contributed by atoms with Crippen molar-refractivity contribution < 1.29 is 27.8 Å². The van der Waals surface area contributed by atoms with E-state index in [2.05, 4.69) is 0 Å². The fraction of sp³-hybridized carbons (Fsp3) is 0.188. The second-order valence-corrected chi connectivity index (χ2v) is 5.24. The number of hydrogen-bond donors (Lipinski definition) is 0. The van der Waals surface area contributed by atoms with Gasteiger partial charge in [-0.15, -0.1) is 0 Å². The second kappa shape index (κ2) is 6.42. The van der Waals surface area contributed by atoms with Crippen molar-refractivity contribution in [2.24, 2.45) is 0 Å². The van der Waals surface area contributed by atoms with Crippen molar-refractivity contribution in [2.75, 3.05) is 13.2 Å². The summed E-state index contributed by atoms with van der Waals surface area (Å²) in [6.45, 7) is 0.689. The van der Waals surface area contributed by atoms with Crippen LogP contribution in [-0.2, 0) is 11.3 Å². The summed E-state index contributed by atoms with van der Waals surface area (Å²) in [5, 5.41) is 0.338. The molecule has 0 saturated carbocycles. The molecule has 0 spiro atoms. The van der Waals surface area contributed by atoms with Gasteiger partial charge in [-0.25, -0.2) is 13.6 Å². The SMILES string of the molecule is O=C(OCc1cc(Cl)c2c(c1)OCCO2)c1cc(F)cc(F)c1. The van der Waals surface area contributed by atoms with Gasteiger partial charge in [0.2, 0.25) is 0 Å². The Bertz CT molecular complexity index is 744. The van der Waals surface area contributed by atoms with Gasteiger partial charge in [0, 0.05) is 6.07 Å². The zero-order chi connectivity index (χ0) is 16.4. The lowest BCUT2D eigenvalue weighted by atomic mass is 10.2. The minimum Gasteiger partial charge on any atom is -0.486 e. The molecule has 0 aromatic heterocycles. The van der Waals surface area contributed by atoms with E-state index in [1.54, 1.807) is 12.1 Å². The number of hydrogen-bond acceptors (Lipinski definition) is 4. The number of halogens is 3. The number of ether oxygens (including phenoxy) is 3. The van der Waals surface area contributed by atoms with E-state index in [0.29, 0.717) is 41.4 Å². The number of fused-ring (bicyclic) bond motifs is 1. The number of carbonyl (C=O) groups excluding carboxylic acids is 1. The summed E-state index contributed by atoms with van der Waals surface area (Å²) in [5.74, 6) is -1.63. The van der Waals surface area contributed by atoms with E-state index in [0.717, 1.165) is 12.1 Å². The number of rotatable bonds is 3. The molecule has 120 valence electrons. The highest BCUT2D eigenvalue weighted by Crippen LogP contribution is 2.38. The molecule has 1 aliphatic heterocycles. The molecule has 0 bridgehead atoms. The van der Waals surface area contributed by atoms with Crippen molar-refractivity contribution in [3.63, 3.8) is 0 Å². The van der Waals surface area contributed by atoms with Gasteiger partial charge in [-0.05, 0) is 29.8 Å². The highest BCUT2D eigenvalue weighted by Gasteiger charge is 2.17. The maximum Gasteiger partial charge on any atom is 0.338 e. The average molecular weight is 341 g/mol. The molecule has 7 heteroatoms. The van der Waals surface area contributed by atoms with Crippen LogP contribution in [0.15, 0.2) is 30.3 Å². The molecule has 2 aromatic rings. The highest BCUT2D eigenvalue weighted by atomic mass is 35.5. The maximum absolute atomic E-state index is 13.1. The maximum atomic E-state index is 13.1. The zero-order valence-corrected chi connectivity index (χ0v) is 12.5. The molecule has 4 nitrogen and oxygen atoms in total. The third kappa shape index (κ3) is 3.53. The van der Waals surface area contributed by atoms with E-state index < -0.39 is 17.6 Å². The fourth-order valence-electron chi connectivity index (χ4n) is 2.15. The molecule has 3 rings (SSSR count). The Balaban J connectivity index is 1.73. The molecule has 0 fully saturated rings. The van der Waals surface area contributed by atoms with E-state index in [1.807, 2.05) is 0 Å². The first-order valence-corrected chi connectivity index (χ1v) is 7.12. The number of benzene rings is 2. The van der Waals surface area contributed by atoms with Crippen LogP contribution in [0.1, 0.15) is 15.9 Å². The minimum atomic E-state index is -0.848. The molecular weight excluding hydrogens is 330 g/mol. The third-order valence-electron chi connectivity index (χ3n) is 3.12. The normalized spacial score (nSPS) is 12.8. The number of esters is 1. The van der Waals surface area contributed by atoms with Gasteiger partial charge in [0.05, 0.1) is 10.6 Å². The molecule has 23 heavy (non-hydrogen) atoms. The van der Waals surface area contributed by atoms with Gasteiger partial charge in [0.1, 0.15) is 31.5 Å². The van der Waals surface area contributed by atoms with Crippen molar-refractivity contribution in [2.45, 2.75) is 6.61 Å². The molecular formula is C16H11ClF2O4. The molecule has 0 unspecified atom stereocenters. The van der Waals surface area contributed by atoms with Crippen molar-refractivity contribution in [1.82, 2.24) is 0 Å². The molecule has 0 atom stereocenters. The summed E-state index contributed by atoms with van der Waals surface area (Å²) in [7, 11) is 0. The van der Waals surface area contributed by atoms with Crippen molar-refractivity contribution in [1.29, 1.82) is 0 Å². The Morgan fingerprint density at radius 1 is 1.09 bits per heavy atom. The summed E-state index contributed by atoms with van der Waals surface area (Å²) in [4.78, 5) is 11.9. The first kappa shape index (κ1) is 15.6. The van der Waals surface area contributed by atoms with Crippen molar-refractivity contribution >= 4 is 17.6 Å². The molecule has 0 radical (unpaired) electrons. The predicted molar refractivity (Wildman–Crippen MR) is 77.9 cm³/mol. The Kier molecular flexibility index (Phi) is 4.34. The van der Waals surface area contributed by atoms with Crippen LogP contribution in [-0.4, -0.2) is 19.2 Å². The minimum absolute atomic E-state index is 0.118. The van der Waals surface area contributed by atoms with Crippen molar-refractivity contribution in [3.8, 4) is 11.5 Å². The van der Waals surface area contributed by atoms with Gasteiger partial charge >= 0.3 is 5.97 Å². The Hall–Kier alpha value is -2.34. The molecule has 1 heterocycles. The second-order valence-electron chi connectivity index (χ2n) is 4.84. The van der Waals surface area contributed by atoms with Crippen LogP contribution in [0.5, 0.6) is 11.5 Å². The Morgan fingerprint density at radius 2 is 1.78 bits per heavy atom. The smallest absolute Gasteiger partial charge is 0.338 e. The highest BCUT2D eigenvalue weighted by molar-refractivity contribution is 6.32. The van der Waals surface area contributed by atoms with Gasteiger partial charge in [-0.1, -0.05) is 11.6 Å². The average Bonchev–Trinajstić information content (AvgIpc) is 2.52. The van der Waals surface area contributed by atoms with Gasteiger partial charge in [0.15, 0.2) is 11.5 Å². The largest absolute Gasteiger partial charge is 0.486 e. The van der Waals surface area contributed by atoms with Crippen LogP contribution in [0.2, 0.25) is 5.02 Å². The summed E-state index contributed by atoms with van der Waals surface area (Å²) in [6.07, 6.45) is 0. The van der Waals surface area contributed by atoms with Gasteiger partial charge in [-0.2, -0.15) is 0 Å². The van der Waals surface area contributed by atoms with E-state index in [4.69, 9.17) is 25.8 Å². The first-order valence-electron chi connectivity index (χ1n) is 6.74. The summed E-state index contributed by atoms with van der Waals surface area (Å²) >= 11 is 6.08. The van der Waals surface area contributed by atoms with Gasteiger partial charge < -0.3 is 14.2 Å². The molecule has 2 aromatic carbocycles. The molecule has 0 N–H and O–H groups in total. The van der Waals surface area contributed by atoms with Crippen LogP contribution >= 0.6 is 11.6 Å². The standard InChI is InChI=1S/C16H11ClF2O4/c17-13-3-9(4-14-15(13)22-2-1-21-14)8-23-16(20)10-5-11(18)7-12(19)6-10/h3-7H,1-2,8H2. The first-order chi connectivity index (χ1) is 11.0. The Labute approximate surface area is 135 Å². The summed E-state index contributed by atoms with van der Waals surface area (Å²) in [6, 6.07) is 5.70. The Morgan fingerprint density at radius 3 is 2.52 bits per heavy atom. The topological polar surface area (TPSA) is 44.8 Å². The number of carbonyl (C=O) groups is 1. The van der Waals surface area contributed by atoms with Crippen LogP contribution < -0.4 is 9.47 Å². The van der Waals surface area contributed by atoms with Gasteiger partial charge in [0.25, 0.3) is 0 Å². The molecule has 0 aliphatic carbocycles. The summed E-state index contributed by atoms with van der Waals surface area (Å²) < 4.78 is 42.0. The molecule has 0 saturated heterocycles. The quantitative estimate of drug-likeness (QED) is 0.798. The monoisotopic (exact) mass is 340 g/mol. The van der Waals surface area contributed by atoms with E-state index >= 15 is 0 Å². The van der Waals surface area contributed by atoms with Crippen molar-refractivity contribution in [3.05, 3.63) is 58.1 Å². The van der Waals surface area contributed by atoms with E-state index in [1.165, 1.54) is 0 Å². The van der Waals surface area contributed by atoms with Crippen LogP contribution in [0.3, 0.4) is 0 Å². The zero-order valence-electron chi connectivity index (χ0n) is 11.8. The summed E-state index contributed by atoms with van der Waals surface area (Å²) in [5.41, 5.74) is 0.371. The lowest BCUT2D eigenvalue weighted by Crippen LogP contribution is -2.16. The van der Waals surface area contributed by atoms with E-state index in [-0.39, 0.29) is 12.2 Å². The lowest BCUT2D eigenvalue weighted by Gasteiger charge is -2.20. The predicted octanol–water partition coefficient (Wildman–Crippen LogP) is 3.75. The van der Waals surface area contributed by atoms with E-state index in [9.17, 15) is 13.6 Å². The third-order valence-corrected chi connectivity index (χ3v) is 3.41. The lowest BCUT2D eigenvalue weighted by molar-refractivity contribution is 0.0471. The van der Waals surface area contributed by atoms with Crippen LogP contribution in [0.4, 0.5) is 8.78 Å². The van der Waals surface area contributed by atoms with Crippen LogP contribution in [0, 0.1) is 11.6 Å².